The monoisotopic (exact) mass is 209 g/mol. The number of aliphatic carboxylic acids is 1. The van der Waals surface area contributed by atoms with Crippen molar-refractivity contribution in [3.8, 4) is 0 Å². The quantitative estimate of drug-likeness (QED) is 0.615. The lowest BCUT2D eigenvalue weighted by Crippen LogP contribution is -2.36. The van der Waals surface area contributed by atoms with Gasteiger partial charge in [0.15, 0.2) is 9.84 Å². The van der Waals surface area contributed by atoms with Crippen molar-refractivity contribution >= 4 is 15.8 Å². The molecule has 78 valence electrons. The highest BCUT2D eigenvalue weighted by atomic mass is 32.2. The summed E-state index contributed by atoms with van der Waals surface area (Å²) < 4.78 is 21.9. The smallest absolute Gasteiger partial charge is 0.320 e. The normalized spacial score (nSPS) is 14.0. The Bertz CT molecular complexity index is 260. The highest BCUT2D eigenvalue weighted by Crippen LogP contribution is 1.88. The standard InChI is InChI=1S/C7H15NO4S/c1-3-13(11,12)5-4-8-6(2)7(9)10/h6,8H,3-5H2,1-2H3,(H,9,10)/t6-/m1/s1. The lowest BCUT2D eigenvalue weighted by atomic mass is 10.3. The summed E-state index contributed by atoms with van der Waals surface area (Å²) in [6.07, 6.45) is 0. The molecule has 0 aromatic heterocycles. The van der Waals surface area contributed by atoms with E-state index >= 15 is 0 Å². The Labute approximate surface area is 78.1 Å². The second-order valence-corrected chi connectivity index (χ2v) is 5.22. The van der Waals surface area contributed by atoms with Gasteiger partial charge in [-0.15, -0.1) is 0 Å². The first-order valence-electron chi connectivity index (χ1n) is 4.05. The largest absolute Gasteiger partial charge is 0.480 e. The number of carboxylic acids is 1. The van der Waals surface area contributed by atoms with E-state index in [4.69, 9.17) is 5.11 Å². The minimum absolute atomic E-state index is 0.0128. The van der Waals surface area contributed by atoms with Crippen molar-refractivity contribution in [3.05, 3.63) is 0 Å². The Balaban J connectivity index is 3.75. The summed E-state index contributed by atoms with van der Waals surface area (Å²) in [6.45, 7) is 3.22. The summed E-state index contributed by atoms with van der Waals surface area (Å²) in [4.78, 5) is 10.3. The molecular formula is C7H15NO4S. The summed E-state index contributed by atoms with van der Waals surface area (Å²) in [5.41, 5.74) is 0. The molecule has 1 atom stereocenters. The number of carboxylic acid groups (broad SMARTS) is 1. The molecule has 0 aliphatic carbocycles. The number of carbonyl (C=O) groups is 1. The van der Waals surface area contributed by atoms with E-state index < -0.39 is 21.8 Å². The van der Waals surface area contributed by atoms with E-state index in [1.54, 1.807) is 6.92 Å². The Kier molecular flexibility index (Phi) is 4.94. The lowest BCUT2D eigenvalue weighted by Gasteiger charge is -2.08. The predicted octanol–water partition coefficient (Wildman–Crippen LogP) is -0.516. The number of hydrogen-bond donors (Lipinski definition) is 2. The van der Waals surface area contributed by atoms with Crippen molar-refractivity contribution in [3.63, 3.8) is 0 Å². The molecule has 0 radical (unpaired) electrons. The third-order valence-corrected chi connectivity index (χ3v) is 3.38. The van der Waals surface area contributed by atoms with Crippen molar-refractivity contribution in [2.24, 2.45) is 0 Å². The molecular weight excluding hydrogens is 194 g/mol. The van der Waals surface area contributed by atoms with Crippen molar-refractivity contribution in [2.45, 2.75) is 19.9 Å². The van der Waals surface area contributed by atoms with Crippen LogP contribution in [0.1, 0.15) is 13.8 Å². The molecule has 0 saturated carbocycles. The predicted molar refractivity (Wildman–Crippen MR) is 49.4 cm³/mol. The van der Waals surface area contributed by atoms with E-state index in [-0.39, 0.29) is 18.1 Å². The van der Waals surface area contributed by atoms with Gasteiger partial charge >= 0.3 is 5.97 Å². The van der Waals surface area contributed by atoms with E-state index in [0.717, 1.165) is 0 Å². The molecule has 0 spiro atoms. The van der Waals surface area contributed by atoms with Crippen LogP contribution in [-0.2, 0) is 14.6 Å². The molecule has 0 amide bonds. The molecule has 0 bridgehead atoms. The van der Waals surface area contributed by atoms with E-state index in [0.29, 0.717) is 0 Å². The molecule has 5 nitrogen and oxygen atoms in total. The van der Waals surface area contributed by atoms with Crippen LogP contribution >= 0.6 is 0 Å². The Hall–Kier alpha value is -0.620. The first-order valence-corrected chi connectivity index (χ1v) is 5.88. The maximum absolute atomic E-state index is 11.0. The van der Waals surface area contributed by atoms with Crippen LogP contribution in [-0.4, -0.2) is 43.6 Å². The highest BCUT2D eigenvalue weighted by molar-refractivity contribution is 7.91. The number of hydrogen-bond acceptors (Lipinski definition) is 4. The van der Waals surface area contributed by atoms with E-state index in [9.17, 15) is 13.2 Å². The average molecular weight is 209 g/mol. The topological polar surface area (TPSA) is 83.5 Å². The second kappa shape index (κ2) is 5.18. The molecule has 13 heavy (non-hydrogen) atoms. The van der Waals surface area contributed by atoms with Crippen LogP contribution in [0.15, 0.2) is 0 Å². The van der Waals surface area contributed by atoms with Crippen LogP contribution in [0.2, 0.25) is 0 Å². The maximum atomic E-state index is 11.0. The fourth-order valence-electron chi connectivity index (χ4n) is 0.663. The Morgan fingerprint density at radius 3 is 2.46 bits per heavy atom. The van der Waals surface area contributed by atoms with Crippen molar-refractivity contribution in [1.29, 1.82) is 0 Å². The molecule has 0 unspecified atom stereocenters. The molecule has 2 N–H and O–H groups in total. The van der Waals surface area contributed by atoms with Gasteiger partial charge in [0.1, 0.15) is 6.04 Å². The zero-order valence-electron chi connectivity index (χ0n) is 7.78. The van der Waals surface area contributed by atoms with Crippen LogP contribution in [0.4, 0.5) is 0 Å². The van der Waals surface area contributed by atoms with Gasteiger partial charge < -0.3 is 10.4 Å². The minimum Gasteiger partial charge on any atom is -0.480 e. The summed E-state index contributed by atoms with van der Waals surface area (Å²) in [6, 6.07) is -0.702. The average Bonchev–Trinajstić information content (AvgIpc) is 2.04. The van der Waals surface area contributed by atoms with Crippen molar-refractivity contribution < 1.29 is 18.3 Å². The molecule has 0 fully saturated rings. The molecule has 0 aromatic rings. The molecule has 0 aliphatic heterocycles. The molecule has 0 aliphatic rings. The maximum Gasteiger partial charge on any atom is 0.320 e. The van der Waals surface area contributed by atoms with Crippen molar-refractivity contribution in [1.82, 2.24) is 5.32 Å². The highest BCUT2D eigenvalue weighted by Gasteiger charge is 2.11. The summed E-state index contributed by atoms with van der Waals surface area (Å²) >= 11 is 0. The van der Waals surface area contributed by atoms with Gasteiger partial charge in [0, 0.05) is 12.3 Å². The van der Waals surface area contributed by atoms with E-state index in [1.165, 1.54) is 6.92 Å². The van der Waals surface area contributed by atoms with Crippen LogP contribution in [0.25, 0.3) is 0 Å². The first kappa shape index (κ1) is 12.4. The molecule has 0 rings (SSSR count). The zero-order valence-corrected chi connectivity index (χ0v) is 8.60. The summed E-state index contributed by atoms with van der Waals surface area (Å²) in [7, 11) is -3.00. The first-order chi connectivity index (χ1) is 5.89. The van der Waals surface area contributed by atoms with Crippen molar-refractivity contribution in [2.75, 3.05) is 18.1 Å². The van der Waals surface area contributed by atoms with Gasteiger partial charge in [0.05, 0.1) is 5.75 Å². The Morgan fingerprint density at radius 1 is 1.54 bits per heavy atom. The van der Waals surface area contributed by atoms with Gasteiger partial charge in [-0.25, -0.2) is 8.42 Å². The van der Waals surface area contributed by atoms with Crippen LogP contribution < -0.4 is 5.32 Å². The SMILES string of the molecule is CCS(=O)(=O)CCN[C@H](C)C(=O)O. The zero-order chi connectivity index (χ0) is 10.5. The van der Waals surface area contributed by atoms with Gasteiger partial charge in [-0.1, -0.05) is 6.92 Å². The van der Waals surface area contributed by atoms with Gasteiger partial charge in [0.25, 0.3) is 0 Å². The lowest BCUT2D eigenvalue weighted by molar-refractivity contribution is -0.138. The van der Waals surface area contributed by atoms with Gasteiger partial charge in [-0.3, -0.25) is 4.79 Å². The summed E-state index contributed by atoms with van der Waals surface area (Å²) in [5.74, 6) is -0.897. The number of rotatable bonds is 6. The van der Waals surface area contributed by atoms with Gasteiger partial charge in [0.2, 0.25) is 0 Å². The van der Waals surface area contributed by atoms with Crippen LogP contribution in [0, 0.1) is 0 Å². The Morgan fingerprint density at radius 2 is 2.08 bits per heavy atom. The number of sulfone groups is 1. The summed E-state index contributed by atoms with van der Waals surface area (Å²) in [5, 5.41) is 11.1. The van der Waals surface area contributed by atoms with Gasteiger partial charge in [-0.2, -0.15) is 0 Å². The number of nitrogens with one attached hydrogen (secondary N) is 1. The fourth-order valence-corrected chi connectivity index (χ4v) is 1.38. The van der Waals surface area contributed by atoms with Crippen LogP contribution in [0.3, 0.4) is 0 Å². The minimum atomic E-state index is -3.00. The van der Waals surface area contributed by atoms with Crippen LogP contribution in [0.5, 0.6) is 0 Å². The second-order valence-electron chi connectivity index (χ2n) is 2.75. The van der Waals surface area contributed by atoms with Gasteiger partial charge in [-0.05, 0) is 6.92 Å². The molecule has 0 saturated heterocycles. The third-order valence-electron chi connectivity index (χ3n) is 1.67. The van der Waals surface area contributed by atoms with E-state index in [1.807, 2.05) is 0 Å². The third kappa shape index (κ3) is 5.59. The molecule has 0 aromatic carbocycles. The molecule has 6 heteroatoms. The fraction of sp³-hybridized carbons (Fsp3) is 0.857. The van der Waals surface area contributed by atoms with E-state index in [2.05, 4.69) is 5.32 Å². The molecule has 0 heterocycles.